The monoisotopic (exact) mass is 485 g/mol. The smallest absolute Gasteiger partial charge is 0.254 e. The van der Waals surface area contributed by atoms with Gasteiger partial charge in [-0.15, -0.1) is 0 Å². The van der Waals surface area contributed by atoms with Gasteiger partial charge in [0.1, 0.15) is 0 Å². The molecule has 0 fully saturated rings. The first-order chi connectivity index (χ1) is 16.4. The minimum atomic E-state index is -3.71. The predicted octanol–water partition coefficient (Wildman–Crippen LogP) is 2.89. The first-order valence-corrected chi connectivity index (χ1v) is 12.6. The van der Waals surface area contributed by atoms with E-state index in [4.69, 9.17) is 14.2 Å². The average molecular weight is 486 g/mol. The molecule has 1 aliphatic heterocycles. The zero-order chi connectivity index (χ0) is 24.1. The van der Waals surface area contributed by atoms with Gasteiger partial charge in [0.15, 0.2) is 11.5 Å². The molecule has 10 heteroatoms. The molecule has 0 spiro atoms. The van der Waals surface area contributed by atoms with Gasteiger partial charge in [0, 0.05) is 25.8 Å². The number of amides is 1. The van der Waals surface area contributed by atoms with Crippen molar-refractivity contribution < 1.29 is 27.4 Å². The van der Waals surface area contributed by atoms with E-state index in [2.05, 4.69) is 4.98 Å². The maximum absolute atomic E-state index is 13.2. The number of benzene rings is 2. The van der Waals surface area contributed by atoms with Crippen LogP contribution in [0, 0.1) is 0 Å². The molecular weight excluding hydrogens is 458 g/mol. The van der Waals surface area contributed by atoms with Crippen molar-refractivity contribution in [2.75, 3.05) is 27.1 Å². The van der Waals surface area contributed by atoms with Gasteiger partial charge in [0.2, 0.25) is 21.8 Å². The van der Waals surface area contributed by atoms with Gasteiger partial charge in [0.05, 0.1) is 30.8 Å². The van der Waals surface area contributed by atoms with E-state index in [1.54, 1.807) is 59.0 Å². The summed E-state index contributed by atoms with van der Waals surface area (Å²) in [4.78, 5) is 19.1. The Balaban J connectivity index is 1.60. The summed E-state index contributed by atoms with van der Waals surface area (Å²) < 4.78 is 43.9. The molecule has 0 aliphatic carbocycles. The third-order valence-corrected chi connectivity index (χ3v) is 7.14. The Labute approximate surface area is 198 Å². The number of sulfone groups is 1. The highest BCUT2D eigenvalue weighted by atomic mass is 32.2. The van der Waals surface area contributed by atoms with Crippen molar-refractivity contribution in [2.45, 2.75) is 30.9 Å². The van der Waals surface area contributed by atoms with Crippen molar-refractivity contribution in [3.8, 4) is 11.5 Å². The number of carbonyl (C=O) groups excluding carboxylic acids is 1. The summed E-state index contributed by atoms with van der Waals surface area (Å²) in [5.74, 6) is 0.770. The first kappa shape index (κ1) is 23.8. The van der Waals surface area contributed by atoms with E-state index in [-0.39, 0.29) is 30.2 Å². The molecule has 0 N–H and O–H groups in total. The third kappa shape index (κ3) is 5.07. The summed E-state index contributed by atoms with van der Waals surface area (Å²) in [6, 6.07) is 14.0. The lowest BCUT2D eigenvalue weighted by atomic mass is 10.1. The number of methoxy groups -OCH3 is 1. The quantitative estimate of drug-likeness (QED) is 0.435. The summed E-state index contributed by atoms with van der Waals surface area (Å²) in [7, 11) is -2.16. The lowest BCUT2D eigenvalue weighted by Gasteiger charge is -2.22. The van der Waals surface area contributed by atoms with Gasteiger partial charge in [-0.1, -0.05) is 30.3 Å². The van der Waals surface area contributed by atoms with Crippen LogP contribution in [-0.4, -0.2) is 55.8 Å². The van der Waals surface area contributed by atoms with Crippen LogP contribution >= 0.6 is 0 Å². The van der Waals surface area contributed by atoms with Crippen LogP contribution in [0.25, 0.3) is 0 Å². The molecule has 0 radical (unpaired) electrons. The van der Waals surface area contributed by atoms with Crippen LogP contribution in [0.2, 0.25) is 0 Å². The highest BCUT2D eigenvalue weighted by molar-refractivity contribution is 7.90. The van der Waals surface area contributed by atoms with E-state index < -0.39 is 9.84 Å². The number of rotatable bonds is 10. The van der Waals surface area contributed by atoms with E-state index in [1.807, 2.05) is 13.0 Å². The van der Waals surface area contributed by atoms with Crippen LogP contribution in [0.15, 0.2) is 59.9 Å². The summed E-state index contributed by atoms with van der Waals surface area (Å²) in [6.45, 7) is 3.22. The van der Waals surface area contributed by atoms with Gasteiger partial charge < -0.3 is 23.7 Å². The summed E-state index contributed by atoms with van der Waals surface area (Å²) in [6.07, 6.45) is 1.52. The molecule has 0 unspecified atom stereocenters. The number of fused-ring (bicyclic) bond motifs is 1. The zero-order valence-corrected chi connectivity index (χ0v) is 20.0. The Morgan fingerprint density at radius 2 is 1.91 bits per heavy atom. The van der Waals surface area contributed by atoms with E-state index >= 15 is 0 Å². The van der Waals surface area contributed by atoms with E-state index in [0.717, 1.165) is 0 Å². The lowest BCUT2D eigenvalue weighted by molar-refractivity contribution is 0.0747. The fourth-order valence-electron chi connectivity index (χ4n) is 3.78. The summed E-state index contributed by atoms with van der Waals surface area (Å²) in [5.41, 5.74) is 1.75. The number of carbonyl (C=O) groups is 1. The van der Waals surface area contributed by atoms with Gasteiger partial charge in [-0.05, 0) is 30.7 Å². The van der Waals surface area contributed by atoms with Crippen molar-refractivity contribution in [1.82, 2.24) is 14.5 Å². The third-order valence-electron chi connectivity index (χ3n) is 5.54. The molecule has 180 valence electrons. The second-order valence-corrected chi connectivity index (χ2v) is 9.69. The normalized spacial score (nSPS) is 12.6. The number of hydrogen-bond acceptors (Lipinski definition) is 7. The van der Waals surface area contributed by atoms with Crippen molar-refractivity contribution in [2.24, 2.45) is 0 Å². The second-order valence-electron chi connectivity index (χ2n) is 7.81. The second kappa shape index (κ2) is 10.3. The Kier molecular flexibility index (Phi) is 7.18. The Hall–Kier alpha value is -3.37. The zero-order valence-electron chi connectivity index (χ0n) is 19.1. The molecule has 1 aliphatic rings. The molecule has 0 atom stereocenters. The fraction of sp³-hybridized carbons (Fsp3) is 0.333. The molecule has 4 rings (SSSR count). The molecule has 0 saturated carbocycles. The van der Waals surface area contributed by atoms with Gasteiger partial charge >= 0.3 is 0 Å². The molecule has 1 amide bonds. The van der Waals surface area contributed by atoms with Crippen molar-refractivity contribution in [3.05, 3.63) is 71.5 Å². The van der Waals surface area contributed by atoms with E-state index in [1.165, 1.54) is 6.20 Å². The number of aromatic nitrogens is 2. The first-order valence-electron chi connectivity index (χ1n) is 10.9. The van der Waals surface area contributed by atoms with Crippen LogP contribution < -0.4 is 9.47 Å². The highest BCUT2D eigenvalue weighted by Crippen LogP contribution is 2.33. The Morgan fingerprint density at radius 3 is 2.65 bits per heavy atom. The van der Waals surface area contributed by atoms with Gasteiger partial charge in [0.25, 0.3) is 5.91 Å². The van der Waals surface area contributed by atoms with Gasteiger partial charge in [-0.3, -0.25) is 4.79 Å². The van der Waals surface area contributed by atoms with Crippen molar-refractivity contribution in [3.63, 3.8) is 0 Å². The van der Waals surface area contributed by atoms with E-state index in [0.29, 0.717) is 48.0 Å². The number of ether oxygens (including phenoxy) is 3. The fourth-order valence-corrected chi connectivity index (χ4v) is 5.30. The Morgan fingerprint density at radius 1 is 1.15 bits per heavy atom. The standard InChI is InChI=1S/C24H27N3O6S/c1-3-26(23(28)19-9-10-21-22(13-19)33-17-32-21)15-20-14-25-24(27(20)11-12-31-2)34(29,30)16-18-7-5-4-6-8-18/h4-10,13-14H,3,11-12,15-17H2,1-2H3. The van der Waals surface area contributed by atoms with Crippen molar-refractivity contribution in [1.29, 1.82) is 0 Å². The minimum Gasteiger partial charge on any atom is -0.454 e. The number of nitrogens with zero attached hydrogens (tertiary/aromatic N) is 3. The molecule has 3 aromatic rings. The van der Waals surface area contributed by atoms with Crippen LogP contribution in [-0.2, 0) is 33.4 Å². The maximum Gasteiger partial charge on any atom is 0.254 e. The van der Waals surface area contributed by atoms with Gasteiger partial charge in [-0.25, -0.2) is 13.4 Å². The molecule has 34 heavy (non-hydrogen) atoms. The number of hydrogen-bond donors (Lipinski definition) is 0. The molecule has 0 bridgehead atoms. The van der Waals surface area contributed by atoms with Gasteiger partial charge in [-0.2, -0.15) is 0 Å². The molecule has 2 heterocycles. The number of imidazole rings is 1. The summed E-state index contributed by atoms with van der Waals surface area (Å²) in [5, 5.41) is -0.0324. The van der Waals surface area contributed by atoms with E-state index in [9.17, 15) is 13.2 Å². The molecule has 0 saturated heterocycles. The topological polar surface area (TPSA) is 100.0 Å². The maximum atomic E-state index is 13.2. The van der Waals surface area contributed by atoms with Crippen LogP contribution in [0.5, 0.6) is 11.5 Å². The highest BCUT2D eigenvalue weighted by Gasteiger charge is 2.26. The largest absolute Gasteiger partial charge is 0.454 e. The van der Waals surface area contributed by atoms with Crippen molar-refractivity contribution >= 4 is 15.7 Å². The molecule has 1 aromatic heterocycles. The minimum absolute atomic E-state index is 0.0324. The van der Waals surface area contributed by atoms with Crippen LogP contribution in [0.1, 0.15) is 28.5 Å². The SMILES string of the molecule is CCN(Cc1cnc(S(=O)(=O)Cc2ccccc2)n1CCOC)C(=O)c1ccc2c(c1)OCO2. The van der Waals surface area contributed by atoms with Crippen LogP contribution in [0.3, 0.4) is 0 Å². The molecule has 9 nitrogen and oxygen atoms in total. The predicted molar refractivity (Wildman–Crippen MR) is 124 cm³/mol. The summed E-state index contributed by atoms with van der Waals surface area (Å²) >= 11 is 0. The van der Waals surface area contributed by atoms with Crippen LogP contribution in [0.4, 0.5) is 0 Å². The Bertz CT molecular complexity index is 1260. The lowest BCUT2D eigenvalue weighted by Crippen LogP contribution is -2.31. The average Bonchev–Trinajstić information content (AvgIpc) is 3.47. The molecule has 2 aromatic carbocycles. The molecular formula is C24H27N3O6S.